The van der Waals surface area contributed by atoms with Crippen LogP contribution in [0.4, 0.5) is 11.4 Å². The third kappa shape index (κ3) is 4.00. The average molecular weight is 463 g/mol. The molecule has 0 saturated heterocycles. The van der Waals surface area contributed by atoms with Crippen molar-refractivity contribution >= 4 is 35.2 Å². The van der Waals surface area contributed by atoms with Gasteiger partial charge in [-0.2, -0.15) is 5.11 Å². The molecule has 4 rings (SSSR count). The Balaban J connectivity index is 2.04. The number of aromatic hydroxyl groups is 1. The van der Waals surface area contributed by atoms with Crippen molar-refractivity contribution in [1.82, 2.24) is 9.13 Å². The predicted molar refractivity (Wildman–Crippen MR) is 129 cm³/mol. The third-order valence-electron chi connectivity index (χ3n) is 4.96. The predicted octanol–water partition coefficient (Wildman–Crippen LogP) is 6.75. The molecule has 32 heavy (non-hydrogen) atoms. The molecule has 1 heterocycles. The van der Waals surface area contributed by atoms with Crippen molar-refractivity contribution in [2.45, 2.75) is 13.8 Å². The van der Waals surface area contributed by atoms with Crippen LogP contribution in [-0.2, 0) is 0 Å². The number of aryl methyl sites for hydroxylation is 2. The number of halogens is 1. The highest BCUT2D eigenvalue weighted by Gasteiger charge is 2.21. The highest BCUT2D eigenvalue weighted by Crippen LogP contribution is 2.31. The molecule has 0 aliphatic rings. The van der Waals surface area contributed by atoms with Crippen LogP contribution < -0.4 is 5.56 Å². The minimum Gasteiger partial charge on any atom is -0.492 e. The fourth-order valence-corrected chi connectivity index (χ4v) is 3.85. The lowest BCUT2D eigenvalue weighted by atomic mass is 10.2. The Morgan fingerprint density at radius 2 is 1.47 bits per heavy atom. The smallest absolute Gasteiger partial charge is 0.290 e. The summed E-state index contributed by atoms with van der Waals surface area (Å²) in [6.07, 6.45) is 0. The van der Waals surface area contributed by atoms with Gasteiger partial charge in [-0.15, -0.1) is 5.11 Å². The number of nitrogens with zero attached hydrogens (tertiary/aromatic N) is 4. The Kier molecular flexibility index (Phi) is 6.03. The molecule has 0 radical (unpaired) electrons. The zero-order valence-electron chi connectivity index (χ0n) is 17.4. The molecular weight excluding hydrogens is 444 g/mol. The van der Waals surface area contributed by atoms with Crippen molar-refractivity contribution in [1.29, 1.82) is 0 Å². The van der Waals surface area contributed by atoms with Crippen LogP contribution in [0.5, 0.6) is 5.88 Å². The van der Waals surface area contributed by atoms with E-state index in [2.05, 4.69) is 10.2 Å². The van der Waals surface area contributed by atoms with Crippen LogP contribution in [0.25, 0.3) is 11.4 Å². The van der Waals surface area contributed by atoms with E-state index < -0.39 is 11.4 Å². The highest BCUT2D eigenvalue weighted by molar-refractivity contribution is 7.71. The zero-order chi connectivity index (χ0) is 22.8. The van der Waals surface area contributed by atoms with Gasteiger partial charge in [0.25, 0.3) is 5.56 Å². The maximum absolute atomic E-state index is 13.4. The second-order valence-electron chi connectivity index (χ2n) is 7.20. The van der Waals surface area contributed by atoms with Crippen LogP contribution in [0.3, 0.4) is 0 Å². The van der Waals surface area contributed by atoms with Crippen LogP contribution in [0, 0.1) is 18.6 Å². The Hall–Kier alpha value is -3.55. The summed E-state index contributed by atoms with van der Waals surface area (Å²) in [4.78, 5) is 13.4. The van der Waals surface area contributed by atoms with Crippen molar-refractivity contribution < 1.29 is 5.11 Å². The lowest BCUT2D eigenvalue weighted by molar-refractivity contribution is 0.432. The number of aromatic nitrogens is 2. The van der Waals surface area contributed by atoms with Gasteiger partial charge in [0.1, 0.15) is 0 Å². The van der Waals surface area contributed by atoms with Gasteiger partial charge in [-0.1, -0.05) is 59.6 Å². The number of hydrogen-bond acceptors (Lipinski definition) is 5. The van der Waals surface area contributed by atoms with Crippen LogP contribution >= 0.6 is 23.8 Å². The summed E-state index contributed by atoms with van der Waals surface area (Å²) in [5.41, 5.74) is 2.60. The lowest BCUT2D eigenvalue weighted by Crippen LogP contribution is -2.23. The first kappa shape index (κ1) is 21.7. The van der Waals surface area contributed by atoms with Crippen molar-refractivity contribution in [3.63, 3.8) is 0 Å². The Morgan fingerprint density at radius 1 is 0.844 bits per heavy atom. The van der Waals surface area contributed by atoms with Gasteiger partial charge >= 0.3 is 0 Å². The summed E-state index contributed by atoms with van der Waals surface area (Å²) in [5, 5.41) is 19.7. The number of rotatable bonds is 4. The van der Waals surface area contributed by atoms with E-state index >= 15 is 0 Å². The number of hydrogen-bond donors (Lipinski definition) is 1. The minimum absolute atomic E-state index is 0.0594. The van der Waals surface area contributed by atoms with Crippen molar-refractivity contribution in [3.8, 4) is 17.3 Å². The van der Waals surface area contributed by atoms with Gasteiger partial charge < -0.3 is 5.11 Å². The second-order valence-corrected chi connectivity index (χ2v) is 7.98. The SMILES string of the molecule is Cc1ccc(N=Nc2c(O)n(-c3ccccc3C)c(=S)n(-c3ccccc3Cl)c2=O)cc1. The quantitative estimate of drug-likeness (QED) is 0.269. The molecule has 0 amide bonds. The van der Waals surface area contributed by atoms with Crippen molar-refractivity contribution in [2.75, 3.05) is 0 Å². The van der Waals surface area contributed by atoms with Gasteiger partial charge in [-0.3, -0.25) is 9.36 Å². The molecule has 8 heteroatoms. The van der Waals surface area contributed by atoms with E-state index in [9.17, 15) is 9.90 Å². The van der Waals surface area contributed by atoms with E-state index in [4.69, 9.17) is 23.8 Å². The van der Waals surface area contributed by atoms with Gasteiger partial charge in [-0.25, -0.2) is 4.57 Å². The molecule has 4 aromatic rings. The second kappa shape index (κ2) is 8.90. The Morgan fingerprint density at radius 3 is 2.12 bits per heavy atom. The molecule has 3 aromatic carbocycles. The van der Waals surface area contributed by atoms with Gasteiger partial charge in [0.2, 0.25) is 11.6 Å². The molecule has 0 bridgehead atoms. The van der Waals surface area contributed by atoms with E-state index in [0.29, 0.717) is 22.1 Å². The number of azo groups is 1. The molecule has 1 aromatic heterocycles. The van der Waals surface area contributed by atoms with E-state index in [1.807, 2.05) is 44.2 Å². The summed E-state index contributed by atoms with van der Waals surface area (Å²) in [7, 11) is 0. The molecule has 0 aliphatic heterocycles. The van der Waals surface area contributed by atoms with Gasteiger partial charge in [0.05, 0.1) is 22.1 Å². The lowest BCUT2D eigenvalue weighted by Gasteiger charge is -2.17. The molecule has 160 valence electrons. The molecule has 0 aliphatic carbocycles. The number of para-hydroxylation sites is 2. The average Bonchev–Trinajstić information content (AvgIpc) is 2.77. The molecule has 0 fully saturated rings. The third-order valence-corrected chi connectivity index (χ3v) is 5.65. The first-order chi connectivity index (χ1) is 15.4. The highest BCUT2D eigenvalue weighted by atomic mass is 35.5. The summed E-state index contributed by atoms with van der Waals surface area (Å²) in [6, 6.07) is 21.6. The van der Waals surface area contributed by atoms with Crippen LogP contribution in [0.15, 0.2) is 87.8 Å². The van der Waals surface area contributed by atoms with Crippen LogP contribution in [0.1, 0.15) is 11.1 Å². The Labute approximate surface area is 194 Å². The first-order valence-corrected chi connectivity index (χ1v) is 10.6. The molecular formula is C24H19ClN4O2S. The maximum Gasteiger partial charge on any atom is 0.290 e. The molecule has 0 unspecified atom stereocenters. The molecule has 1 N–H and O–H groups in total. The van der Waals surface area contributed by atoms with Crippen molar-refractivity contribution in [3.05, 3.63) is 104 Å². The van der Waals surface area contributed by atoms with E-state index in [1.54, 1.807) is 42.5 Å². The van der Waals surface area contributed by atoms with Crippen molar-refractivity contribution in [2.24, 2.45) is 10.2 Å². The molecule has 0 saturated carbocycles. The van der Waals surface area contributed by atoms with Crippen LogP contribution in [-0.4, -0.2) is 14.2 Å². The monoisotopic (exact) mass is 462 g/mol. The first-order valence-electron chi connectivity index (χ1n) is 9.79. The van der Waals surface area contributed by atoms with Gasteiger partial charge in [0.15, 0.2) is 4.77 Å². The Bertz CT molecular complexity index is 1460. The topological polar surface area (TPSA) is 71.9 Å². The number of benzene rings is 3. The maximum atomic E-state index is 13.4. The molecule has 6 nitrogen and oxygen atoms in total. The normalized spacial score (nSPS) is 11.2. The fourth-order valence-electron chi connectivity index (χ4n) is 3.27. The van der Waals surface area contributed by atoms with E-state index in [1.165, 1.54) is 9.13 Å². The fraction of sp³-hybridized carbons (Fsp3) is 0.0833. The van der Waals surface area contributed by atoms with Gasteiger partial charge in [-0.05, 0) is 62.0 Å². The summed E-state index contributed by atoms with van der Waals surface area (Å²) < 4.78 is 2.72. The van der Waals surface area contributed by atoms with E-state index in [0.717, 1.165) is 11.1 Å². The summed E-state index contributed by atoms with van der Waals surface area (Å²) in [6.45, 7) is 3.84. The molecule has 0 spiro atoms. The molecule has 0 atom stereocenters. The zero-order valence-corrected chi connectivity index (χ0v) is 18.9. The standard InChI is InChI=1S/C24H19ClN4O2S/c1-15-11-13-17(14-12-15)26-27-21-22(30)28(19-9-5-3-7-16(19)2)24(32)29(23(21)31)20-10-6-4-8-18(20)25/h3-14,30H,1-2H3. The van der Waals surface area contributed by atoms with E-state index in [-0.39, 0.29) is 10.5 Å². The minimum atomic E-state index is -0.624. The largest absolute Gasteiger partial charge is 0.492 e. The van der Waals surface area contributed by atoms with Crippen LogP contribution in [0.2, 0.25) is 5.02 Å². The summed E-state index contributed by atoms with van der Waals surface area (Å²) in [5.74, 6) is -0.395. The summed E-state index contributed by atoms with van der Waals surface area (Å²) >= 11 is 12.0. The van der Waals surface area contributed by atoms with Gasteiger partial charge in [0, 0.05) is 0 Å².